The zero-order valence-electron chi connectivity index (χ0n) is 12.3. The van der Waals surface area contributed by atoms with E-state index in [2.05, 4.69) is 5.32 Å². The molecule has 2 aromatic rings. The van der Waals surface area contributed by atoms with Crippen molar-refractivity contribution in [3.63, 3.8) is 0 Å². The molecule has 0 aliphatic carbocycles. The molecule has 0 fully saturated rings. The number of rotatable bonds is 2. The highest BCUT2D eigenvalue weighted by molar-refractivity contribution is 6.05. The monoisotopic (exact) mass is 316 g/mol. The Labute approximate surface area is 131 Å². The third kappa shape index (κ3) is 2.79. The Balaban J connectivity index is 1.89. The SMILES string of the molecule is CN1C(=O)CC(C(=O)Nc2ccc(F)c(F)c2)c2ccccc21. The maximum absolute atomic E-state index is 13.2. The summed E-state index contributed by atoms with van der Waals surface area (Å²) >= 11 is 0. The number of carbonyl (C=O) groups is 2. The standard InChI is InChI=1S/C17H14F2N2O2/c1-21-15-5-3-2-4-11(15)12(9-16(21)22)17(23)20-10-6-7-13(18)14(19)8-10/h2-8,12H,9H2,1H3,(H,20,23). The van der Waals surface area contributed by atoms with Crippen LogP contribution in [-0.4, -0.2) is 18.9 Å². The summed E-state index contributed by atoms with van der Waals surface area (Å²) in [5.41, 5.74) is 1.56. The van der Waals surface area contributed by atoms with Crippen molar-refractivity contribution in [3.05, 3.63) is 59.7 Å². The summed E-state index contributed by atoms with van der Waals surface area (Å²) in [6, 6.07) is 10.3. The van der Waals surface area contributed by atoms with Crippen LogP contribution in [0.25, 0.3) is 0 Å². The smallest absolute Gasteiger partial charge is 0.232 e. The summed E-state index contributed by atoms with van der Waals surface area (Å²) in [6.07, 6.45) is 0.0308. The molecule has 3 rings (SSSR count). The number of benzene rings is 2. The first-order valence-corrected chi connectivity index (χ1v) is 7.09. The lowest BCUT2D eigenvalue weighted by atomic mass is 9.89. The molecule has 1 N–H and O–H groups in total. The summed E-state index contributed by atoms with van der Waals surface area (Å²) in [7, 11) is 1.66. The first kappa shape index (κ1) is 15.1. The van der Waals surface area contributed by atoms with E-state index in [1.54, 1.807) is 31.3 Å². The molecule has 1 aliphatic rings. The van der Waals surface area contributed by atoms with Crippen LogP contribution in [0.4, 0.5) is 20.2 Å². The molecular weight excluding hydrogens is 302 g/mol. The zero-order valence-corrected chi connectivity index (χ0v) is 12.3. The lowest BCUT2D eigenvalue weighted by Gasteiger charge is -2.30. The maximum atomic E-state index is 13.2. The second-order valence-corrected chi connectivity index (χ2v) is 5.39. The number of anilines is 2. The zero-order chi connectivity index (χ0) is 16.6. The molecule has 1 heterocycles. The van der Waals surface area contributed by atoms with Crippen LogP contribution in [0.1, 0.15) is 17.9 Å². The average molecular weight is 316 g/mol. The number of amides is 2. The van der Waals surface area contributed by atoms with Gasteiger partial charge in [0.15, 0.2) is 11.6 Å². The van der Waals surface area contributed by atoms with Crippen LogP contribution in [0.2, 0.25) is 0 Å². The van der Waals surface area contributed by atoms with Crippen LogP contribution in [-0.2, 0) is 9.59 Å². The normalized spacial score (nSPS) is 16.9. The molecular formula is C17H14F2N2O2. The molecule has 0 saturated carbocycles. The molecule has 23 heavy (non-hydrogen) atoms. The van der Waals surface area contributed by atoms with Crippen molar-refractivity contribution in [1.82, 2.24) is 0 Å². The number of fused-ring (bicyclic) bond motifs is 1. The number of para-hydroxylation sites is 1. The highest BCUT2D eigenvalue weighted by atomic mass is 19.2. The predicted molar refractivity (Wildman–Crippen MR) is 82.2 cm³/mol. The minimum Gasteiger partial charge on any atom is -0.325 e. The molecule has 0 saturated heterocycles. The number of halogens is 2. The number of hydrogen-bond acceptors (Lipinski definition) is 2. The van der Waals surface area contributed by atoms with Gasteiger partial charge in [0.05, 0.1) is 5.92 Å². The molecule has 2 aromatic carbocycles. The van der Waals surface area contributed by atoms with Crippen molar-refractivity contribution in [1.29, 1.82) is 0 Å². The fourth-order valence-electron chi connectivity index (χ4n) is 2.68. The predicted octanol–water partition coefficient (Wildman–Crippen LogP) is 3.05. The quantitative estimate of drug-likeness (QED) is 0.926. The Morgan fingerprint density at radius 3 is 2.65 bits per heavy atom. The highest BCUT2D eigenvalue weighted by Crippen LogP contribution is 2.35. The van der Waals surface area contributed by atoms with E-state index in [1.807, 2.05) is 0 Å². The van der Waals surface area contributed by atoms with E-state index in [4.69, 9.17) is 0 Å². The topological polar surface area (TPSA) is 49.4 Å². The van der Waals surface area contributed by atoms with Crippen molar-refractivity contribution in [2.45, 2.75) is 12.3 Å². The first-order valence-electron chi connectivity index (χ1n) is 7.09. The van der Waals surface area contributed by atoms with Gasteiger partial charge in [0.2, 0.25) is 11.8 Å². The Kier molecular flexibility index (Phi) is 3.82. The molecule has 0 radical (unpaired) electrons. The van der Waals surface area contributed by atoms with Gasteiger partial charge in [-0.1, -0.05) is 18.2 Å². The second-order valence-electron chi connectivity index (χ2n) is 5.39. The summed E-state index contributed by atoms with van der Waals surface area (Å²) in [6.45, 7) is 0. The summed E-state index contributed by atoms with van der Waals surface area (Å²) in [5, 5.41) is 2.54. The Bertz CT molecular complexity index is 792. The minimum atomic E-state index is -1.04. The molecule has 1 unspecified atom stereocenters. The maximum Gasteiger partial charge on any atom is 0.232 e. The van der Waals surface area contributed by atoms with Gasteiger partial charge in [-0.3, -0.25) is 9.59 Å². The molecule has 1 aliphatic heterocycles. The van der Waals surface area contributed by atoms with Gasteiger partial charge < -0.3 is 10.2 Å². The minimum absolute atomic E-state index is 0.0308. The van der Waals surface area contributed by atoms with Crippen molar-refractivity contribution in [3.8, 4) is 0 Å². The number of hydrogen-bond donors (Lipinski definition) is 1. The van der Waals surface area contributed by atoms with Gasteiger partial charge in [0, 0.05) is 30.9 Å². The van der Waals surface area contributed by atoms with Crippen molar-refractivity contribution in [2.75, 3.05) is 17.3 Å². The van der Waals surface area contributed by atoms with E-state index in [0.717, 1.165) is 17.7 Å². The van der Waals surface area contributed by atoms with Gasteiger partial charge in [0.1, 0.15) is 0 Å². The number of nitrogens with zero attached hydrogens (tertiary/aromatic N) is 1. The molecule has 2 amide bonds. The summed E-state index contributed by atoms with van der Waals surface area (Å²) in [5.74, 6) is -3.28. The molecule has 6 heteroatoms. The van der Waals surface area contributed by atoms with Crippen molar-refractivity contribution in [2.24, 2.45) is 0 Å². The van der Waals surface area contributed by atoms with E-state index in [-0.39, 0.29) is 18.0 Å². The molecule has 0 bridgehead atoms. The van der Waals surface area contributed by atoms with Gasteiger partial charge in [0.25, 0.3) is 0 Å². The fraction of sp³-hybridized carbons (Fsp3) is 0.176. The molecule has 1 atom stereocenters. The Morgan fingerprint density at radius 2 is 1.91 bits per heavy atom. The van der Waals surface area contributed by atoms with Gasteiger partial charge in [-0.05, 0) is 23.8 Å². The number of carbonyl (C=O) groups excluding carboxylic acids is 2. The Morgan fingerprint density at radius 1 is 1.17 bits per heavy atom. The Hall–Kier alpha value is -2.76. The van der Waals surface area contributed by atoms with Crippen LogP contribution < -0.4 is 10.2 Å². The largest absolute Gasteiger partial charge is 0.325 e. The van der Waals surface area contributed by atoms with Crippen molar-refractivity contribution < 1.29 is 18.4 Å². The van der Waals surface area contributed by atoms with Gasteiger partial charge in [-0.2, -0.15) is 0 Å². The molecule has 0 spiro atoms. The van der Waals surface area contributed by atoms with Gasteiger partial charge in [-0.15, -0.1) is 0 Å². The fourth-order valence-corrected chi connectivity index (χ4v) is 2.68. The highest BCUT2D eigenvalue weighted by Gasteiger charge is 2.33. The lowest BCUT2D eigenvalue weighted by molar-refractivity contribution is -0.124. The average Bonchev–Trinajstić information content (AvgIpc) is 2.54. The lowest BCUT2D eigenvalue weighted by Crippen LogP contribution is -2.37. The van der Waals surface area contributed by atoms with Crippen LogP contribution >= 0.6 is 0 Å². The van der Waals surface area contributed by atoms with Crippen LogP contribution in [0.3, 0.4) is 0 Å². The van der Waals surface area contributed by atoms with E-state index < -0.39 is 23.5 Å². The van der Waals surface area contributed by atoms with Gasteiger partial charge >= 0.3 is 0 Å². The second kappa shape index (κ2) is 5.79. The van der Waals surface area contributed by atoms with Gasteiger partial charge in [-0.25, -0.2) is 8.78 Å². The third-order valence-electron chi connectivity index (χ3n) is 3.93. The molecule has 0 aromatic heterocycles. The third-order valence-corrected chi connectivity index (χ3v) is 3.93. The van der Waals surface area contributed by atoms with E-state index in [1.165, 1.54) is 11.0 Å². The van der Waals surface area contributed by atoms with Crippen molar-refractivity contribution >= 4 is 23.2 Å². The van der Waals surface area contributed by atoms with E-state index in [0.29, 0.717) is 5.69 Å². The number of nitrogens with one attached hydrogen (secondary N) is 1. The van der Waals surface area contributed by atoms with Crippen LogP contribution in [0, 0.1) is 11.6 Å². The van der Waals surface area contributed by atoms with Crippen LogP contribution in [0.15, 0.2) is 42.5 Å². The molecule has 118 valence electrons. The van der Waals surface area contributed by atoms with Crippen LogP contribution in [0.5, 0.6) is 0 Å². The summed E-state index contributed by atoms with van der Waals surface area (Å²) in [4.78, 5) is 26.1. The molecule has 4 nitrogen and oxygen atoms in total. The van der Waals surface area contributed by atoms with E-state index in [9.17, 15) is 18.4 Å². The van der Waals surface area contributed by atoms with E-state index >= 15 is 0 Å². The summed E-state index contributed by atoms with van der Waals surface area (Å²) < 4.78 is 26.2. The first-order chi connectivity index (χ1) is 11.0.